The second-order valence-corrected chi connectivity index (χ2v) is 7.43. The smallest absolute Gasteiger partial charge is 0.490 e. The van der Waals surface area contributed by atoms with Gasteiger partial charge in [-0.05, 0) is 25.1 Å². The van der Waals surface area contributed by atoms with Crippen LogP contribution >= 0.6 is 11.9 Å². The van der Waals surface area contributed by atoms with Gasteiger partial charge in [-0.1, -0.05) is 11.9 Å². The van der Waals surface area contributed by atoms with Crippen LogP contribution in [0.15, 0.2) is 18.2 Å². The molecule has 0 amide bonds. The summed E-state index contributed by atoms with van der Waals surface area (Å²) < 4.78 is 78.9. The monoisotopic (exact) mass is 345 g/mol. The number of alkyl halides is 3. The molecular formula is C11H11F4NO3S2. The standard InChI is InChI=1S/C11H11F4NO3S2/c1-6-4-10(20-16-21(17,18)11(13,14)15)8-5-7(12)2-3-9(8)19-6/h2-3,5-6,10,16H,4H2,1H3. The number of sulfonamides is 1. The van der Waals surface area contributed by atoms with Crippen LogP contribution in [-0.4, -0.2) is 20.0 Å². The molecule has 1 aliphatic rings. The van der Waals surface area contributed by atoms with Gasteiger partial charge in [0, 0.05) is 12.0 Å². The third-order valence-corrected chi connectivity index (χ3v) is 5.40. The Morgan fingerprint density at radius 2 is 2.05 bits per heavy atom. The van der Waals surface area contributed by atoms with Crippen molar-refractivity contribution in [1.29, 1.82) is 0 Å². The van der Waals surface area contributed by atoms with Crippen molar-refractivity contribution in [1.82, 2.24) is 4.13 Å². The predicted molar refractivity (Wildman–Crippen MR) is 69.5 cm³/mol. The zero-order chi connectivity index (χ0) is 15.8. The molecule has 4 nitrogen and oxygen atoms in total. The minimum absolute atomic E-state index is 0.251. The highest BCUT2D eigenvalue weighted by Crippen LogP contribution is 2.43. The van der Waals surface area contributed by atoms with Gasteiger partial charge in [0.1, 0.15) is 11.6 Å². The first-order valence-electron chi connectivity index (χ1n) is 5.80. The summed E-state index contributed by atoms with van der Waals surface area (Å²) in [5.41, 5.74) is -5.07. The molecule has 0 saturated heterocycles. The SMILES string of the molecule is CC1CC(SNS(=O)(=O)C(F)(F)F)c2cc(F)ccc2O1. The molecule has 0 bridgehead atoms. The molecule has 0 fully saturated rings. The quantitative estimate of drug-likeness (QED) is 0.676. The van der Waals surface area contributed by atoms with Gasteiger partial charge in [-0.3, -0.25) is 0 Å². The summed E-state index contributed by atoms with van der Waals surface area (Å²) in [7, 11) is -5.45. The Hall–Kier alpha value is -1.00. The van der Waals surface area contributed by atoms with Crippen molar-refractivity contribution in [3.05, 3.63) is 29.6 Å². The summed E-state index contributed by atoms with van der Waals surface area (Å²) >= 11 is 0.382. The maximum absolute atomic E-state index is 13.2. The van der Waals surface area contributed by atoms with Crippen LogP contribution in [-0.2, 0) is 10.0 Å². The van der Waals surface area contributed by atoms with E-state index in [1.54, 1.807) is 6.92 Å². The van der Waals surface area contributed by atoms with Crippen LogP contribution < -0.4 is 8.86 Å². The second-order valence-electron chi connectivity index (χ2n) is 4.49. The molecule has 118 valence electrons. The van der Waals surface area contributed by atoms with E-state index in [1.165, 1.54) is 16.3 Å². The third-order valence-electron chi connectivity index (χ3n) is 2.80. The number of rotatable bonds is 3. The molecule has 10 heteroatoms. The van der Waals surface area contributed by atoms with Gasteiger partial charge in [0.25, 0.3) is 0 Å². The van der Waals surface area contributed by atoms with Gasteiger partial charge in [-0.2, -0.15) is 17.3 Å². The fourth-order valence-electron chi connectivity index (χ4n) is 1.85. The van der Waals surface area contributed by atoms with Gasteiger partial charge in [-0.15, -0.1) is 0 Å². The molecule has 2 atom stereocenters. The Morgan fingerprint density at radius 1 is 1.38 bits per heavy atom. The van der Waals surface area contributed by atoms with Crippen LogP contribution in [0.4, 0.5) is 17.6 Å². The molecule has 1 heterocycles. The summed E-state index contributed by atoms with van der Waals surface area (Å²) in [5, 5.41) is -0.670. The number of hydrogen-bond donors (Lipinski definition) is 1. The minimum Gasteiger partial charge on any atom is -0.490 e. The first kappa shape index (κ1) is 16.4. The predicted octanol–water partition coefficient (Wildman–Crippen LogP) is 3.13. The van der Waals surface area contributed by atoms with Gasteiger partial charge >= 0.3 is 15.5 Å². The van der Waals surface area contributed by atoms with Crippen LogP contribution in [0.5, 0.6) is 5.75 Å². The average Bonchev–Trinajstić information content (AvgIpc) is 2.35. The number of benzene rings is 1. The van der Waals surface area contributed by atoms with E-state index in [0.29, 0.717) is 23.3 Å². The lowest BCUT2D eigenvalue weighted by Gasteiger charge is -2.29. The van der Waals surface area contributed by atoms with Gasteiger partial charge in [-0.25, -0.2) is 12.8 Å². The van der Waals surface area contributed by atoms with Crippen molar-refractivity contribution < 1.29 is 30.7 Å². The molecule has 1 aromatic rings. The van der Waals surface area contributed by atoms with Gasteiger partial charge < -0.3 is 4.74 Å². The van der Waals surface area contributed by atoms with E-state index in [2.05, 4.69) is 0 Å². The van der Waals surface area contributed by atoms with Crippen LogP contribution in [0.3, 0.4) is 0 Å². The van der Waals surface area contributed by atoms with Crippen molar-refractivity contribution in [2.75, 3.05) is 0 Å². The molecule has 0 radical (unpaired) electrons. The first-order valence-corrected chi connectivity index (χ1v) is 8.16. The lowest BCUT2D eigenvalue weighted by atomic mass is 10.0. The van der Waals surface area contributed by atoms with E-state index >= 15 is 0 Å². The molecule has 0 saturated carbocycles. The number of hydrogen-bond acceptors (Lipinski definition) is 4. The number of fused-ring (bicyclic) bond motifs is 1. The largest absolute Gasteiger partial charge is 0.512 e. The maximum Gasteiger partial charge on any atom is 0.512 e. The van der Waals surface area contributed by atoms with Crippen LogP contribution in [0.2, 0.25) is 0 Å². The summed E-state index contributed by atoms with van der Waals surface area (Å²) in [5.74, 6) is -0.241. The van der Waals surface area contributed by atoms with E-state index in [4.69, 9.17) is 4.74 Å². The summed E-state index contributed by atoms with van der Waals surface area (Å²) in [6.07, 6.45) is -0.0718. The van der Waals surface area contributed by atoms with Crippen molar-refractivity contribution in [2.45, 2.75) is 30.2 Å². The van der Waals surface area contributed by atoms with Crippen molar-refractivity contribution in [3.63, 3.8) is 0 Å². The fraction of sp³-hybridized carbons (Fsp3) is 0.455. The Labute approximate surface area is 123 Å². The van der Waals surface area contributed by atoms with Gasteiger partial charge in [0.2, 0.25) is 0 Å². The zero-order valence-corrected chi connectivity index (χ0v) is 12.3. The number of ether oxygens (including phenoxy) is 1. The highest BCUT2D eigenvalue weighted by molar-refractivity contribution is 8.09. The lowest BCUT2D eigenvalue weighted by Crippen LogP contribution is -2.34. The first-order chi connectivity index (χ1) is 9.60. The summed E-state index contributed by atoms with van der Waals surface area (Å²) in [6.45, 7) is 1.69. The number of halogens is 4. The van der Waals surface area contributed by atoms with Crippen molar-refractivity contribution in [2.24, 2.45) is 0 Å². The summed E-state index contributed by atoms with van der Waals surface area (Å²) in [6, 6.07) is 3.66. The van der Waals surface area contributed by atoms with Crippen LogP contribution in [0.25, 0.3) is 0 Å². The molecule has 1 aliphatic heterocycles. The Balaban J connectivity index is 2.20. The molecule has 21 heavy (non-hydrogen) atoms. The lowest BCUT2D eigenvalue weighted by molar-refractivity contribution is -0.0440. The highest BCUT2D eigenvalue weighted by atomic mass is 32.3. The summed E-state index contributed by atoms with van der Waals surface area (Å²) in [4.78, 5) is 0. The normalized spacial score (nSPS) is 22.5. The van der Waals surface area contributed by atoms with Crippen molar-refractivity contribution in [3.8, 4) is 5.75 Å². The maximum atomic E-state index is 13.2. The van der Waals surface area contributed by atoms with Gasteiger partial charge in [0.15, 0.2) is 0 Å². The Bertz CT molecular complexity index is 633. The van der Waals surface area contributed by atoms with Gasteiger partial charge in [0.05, 0.1) is 11.4 Å². The Morgan fingerprint density at radius 3 is 2.67 bits per heavy atom. The number of nitrogens with one attached hydrogen (secondary N) is 1. The molecule has 1 aromatic carbocycles. The van der Waals surface area contributed by atoms with Crippen LogP contribution in [0.1, 0.15) is 24.2 Å². The topological polar surface area (TPSA) is 55.4 Å². The third kappa shape index (κ3) is 3.61. The van der Waals surface area contributed by atoms with E-state index in [9.17, 15) is 26.0 Å². The molecule has 0 aromatic heterocycles. The Kier molecular flexibility index (Phi) is 4.41. The minimum atomic E-state index is -5.45. The fourth-order valence-corrected chi connectivity index (χ4v) is 3.88. The van der Waals surface area contributed by atoms with E-state index in [-0.39, 0.29) is 12.5 Å². The molecule has 2 unspecified atom stereocenters. The average molecular weight is 345 g/mol. The molecule has 0 spiro atoms. The zero-order valence-electron chi connectivity index (χ0n) is 10.6. The molecule has 1 N–H and O–H groups in total. The van der Waals surface area contributed by atoms with Crippen molar-refractivity contribution >= 4 is 22.0 Å². The molecule has 0 aliphatic carbocycles. The van der Waals surface area contributed by atoms with Crippen LogP contribution in [0, 0.1) is 5.82 Å². The molecule has 2 rings (SSSR count). The highest BCUT2D eigenvalue weighted by Gasteiger charge is 2.46. The second kappa shape index (κ2) is 5.65. The van der Waals surface area contributed by atoms with E-state index in [0.717, 1.165) is 6.07 Å². The van der Waals surface area contributed by atoms with E-state index in [1.807, 2.05) is 0 Å². The molecular weight excluding hydrogens is 334 g/mol. The van der Waals surface area contributed by atoms with E-state index < -0.39 is 26.6 Å².